The van der Waals surface area contributed by atoms with Gasteiger partial charge in [-0.2, -0.15) is 0 Å². The molecule has 0 radical (unpaired) electrons. The lowest BCUT2D eigenvalue weighted by Gasteiger charge is -2.47. The van der Waals surface area contributed by atoms with Crippen LogP contribution in [0.1, 0.15) is 40.0 Å². The molecule has 0 bridgehead atoms. The Labute approximate surface area is 101 Å². The van der Waals surface area contributed by atoms with Gasteiger partial charge in [0, 0.05) is 19.6 Å². The molecule has 0 aromatic heterocycles. The molecule has 1 aliphatic rings. The van der Waals surface area contributed by atoms with E-state index in [1.165, 1.54) is 19.3 Å². The minimum absolute atomic E-state index is 0.245. The zero-order chi connectivity index (χ0) is 12.2. The van der Waals surface area contributed by atoms with Gasteiger partial charge >= 0.3 is 0 Å². The van der Waals surface area contributed by atoms with Crippen molar-refractivity contribution in [3.05, 3.63) is 0 Å². The summed E-state index contributed by atoms with van der Waals surface area (Å²) in [7, 11) is 3.63. The van der Waals surface area contributed by atoms with Crippen LogP contribution in [0.15, 0.2) is 0 Å². The first-order chi connectivity index (χ1) is 7.55. The van der Waals surface area contributed by atoms with Crippen molar-refractivity contribution < 1.29 is 9.47 Å². The molecule has 96 valence electrons. The van der Waals surface area contributed by atoms with Gasteiger partial charge in [-0.05, 0) is 30.6 Å². The highest BCUT2D eigenvalue weighted by atomic mass is 16.5. The lowest BCUT2D eigenvalue weighted by molar-refractivity contribution is -0.0789. The Morgan fingerprint density at radius 2 is 1.69 bits per heavy atom. The summed E-state index contributed by atoms with van der Waals surface area (Å²) < 4.78 is 11.0. The molecule has 1 rings (SSSR count). The van der Waals surface area contributed by atoms with Crippen molar-refractivity contribution in [1.82, 2.24) is 0 Å². The molecule has 1 aliphatic carbocycles. The van der Waals surface area contributed by atoms with Crippen LogP contribution in [-0.4, -0.2) is 27.4 Å². The third-order valence-corrected chi connectivity index (χ3v) is 4.18. The SMILES string of the molecule is COCC1(COC)C[C@H](C)CC[C@H]1C(C)C. The molecule has 0 aromatic carbocycles. The highest BCUT2D eigenvalue weighted by molar-refractivity contribution is 4.93. The highest BCUT2D eigenvalue weighted by Gasteiger charge is 2.44. The topological polar surface area (TPSA) is 18.5 Å². The molecule has 0 spiro atoms. The van der Waals surface area contributed by atoms with Gasteiger partial charge in [0.05, 0.1) is 13.2 Å². The van der Waals surface area contributed by atoms with Crippen molar-refractivity contribution in [2.24, 2.45) is 23.2 Å². The van der Waals surface area contributed by atoms with E-state index in [0.29, 0.717) is 0 Å². The van der Waals surface area contributed by atoms with Crippen LogP contribution in [0.2, 0.25) is 0 Å². The summed E-state index contributed by atoms with van der Waals surface area (Å²) in [5, 5.41) is 0. The normalized spacial score (nSPS) is 29.6. The van der Waals surface area contributed by atoms with Crippen LogP contribution in [0, 0.1) is 23.2 Å². The number of hydrogen-bond donors (Lipinski definition) is 0. The maximum Gasteiger partial charge on any atom is 0.0543 e. The fourth-order valence-electron chi connectivity index (χ4n) is 3.71. The van der Waals surface area contributed by atoms with Crippen LogP contribution < -0.4 is 0 Å². The van der Waals surface area contributed by atoms with Gasteiger partial charge < -0.3 is 9.47 Å². The predicted molar refractivity (Wildman–Crippen MR) is 67.5 cm³/mol. The molecule has 0 aliphatic heterocycles. The standard InChI is InChI=1S/C14H28O2/c1-11(2)13-7-6-12(3)8-14(13,9-15-4)10-16-5/h11-13H,6-10H2,1-5H3/t12-,13+/m1/s1. The fourth-order valence-corrected chi connectivity index (χ4v) is 3.71. The summed E-state index contributed by atoms with van der Waals surface area (Å²) in [6.45, 7) is 8.71. The summed E-state index contributed by atoms with van der Waals surface area (Å²) in [4.78, 5) is 0. The largest absolute Gasteiger partial charge is 0.384 e. The second kappa shape index (κ2) is 6.02. The maximum absolute atomic E-state index is 5.49. The number of rotatable bonds is 5. The number of ether oxygens (including phenoxy) is 2. The lowest BCUT2D eigenvalue weighted by Crippen LogP contribution is -2.45. The quantitative estimate of drug-likeness (QED) is 0.718. The summed E-state index contributed by atoms with van der Waals surface area (Å²) in [6.07, 6.45) is 3.93. The zero-order valence-electron chi connectivity index (χ0n) is 11.6. The second-order valence-corrected chi connectivity index (χ2v) is 5.97. The van der Waals surface area contributed by atoms with E-state index in [1.807, 2.05) is 14.2 Å². The molecule has 2 atom stereocenters. The Bertz CT molecular complexity index is 195. The molecule has 0 amide bonds. The van der Waals surface area contributed by atoms with Gasteiger partial charge in [0.1, 0.15) is 0 Å². The van der Waals surface area contributed by atoms with Crippen molar-refractivity contribution in [2.45, 2.75) is 40.0 Å². The molecule has 2 nitrogen and oxygen atoms in total. The van der Waals surface area contributed by atoms with Gasteiger partial charge in [-0.25, -0.2) is 0 Å². The van der Waals surface area contributed by atoms with E-state index in [0.717, 1.165) is 31.0 Å². The van der Waals surface area contributed by atoms with Crippen LogP contribution in [0.4, 0.5) is 0 Å². The molecular formula is C14H28O2. The van der Waals surface area contributed by atoms with Gasteiger partial charge in [0.25, 0.3) is 0 Å². The van der Waals surface area contributed by atoms with Crippen LogP contribution in [-0.2, 0) is 9.47 Å². The van der Waals surface area contributed by atoms with Gasteiger partial charge in [0.2, 0.25) is 0 Å². The van der Waals surface area contributed by atoms with Crippen LogP contribution in [0.3, 0.4) is 0 Å². The molecule has 0 heterocycles. The lowest BCUT2D eigenvalue weighted by atomic mass is 9.60. The Hall–Kier alpha value is -0.0800. The first-order valence-corrected chi connectivity index (χ1v) is 6.53. The first-order valence-electron chi connectivity index (χ1n) is 6.53. The molecule has 2 heteroatoms. The third-order valence-electron chi connectivity index (χ3n) is 4.18. The average Bonchev–Trinajstić information content (AvgIpc) is 2.17. The number of hydrogen-bond acceptors (Lipinski definition) is 2. The van der Waals surface area contributed by atoms with E-state index in [-0.39, 0.29) is 5.41 Å². The van der Waals surface area contributed by atoms with Crippen molar-refractivity contribution in [3.63, 3.8) is 0 Å². The van der Waals surface area contributed by atoms with Crippen LogP contribution >= 0.6 is 0 Å². The van der Waals surface area contributed by atoms with E-state index in [9.17, 15) is 0 Å². The maximum atomic E-state index is 5.49. The minimum Gasteiger partial charge on any atom is -0.384 e. The molecule has 16 heavy (non-hydrogen) atoms. The zero-order valence-corrected chi connectivity index (χ0v) is 11.6. The second-order valence-electron chi connectivity index (χ2n) is 5.97. The summed E-state index contributed by atoms with van der Waals surface area (Å²) in [6, 6.07) is 0. The molecule has 0 N–H and O–H groups in total. The Morgan fingerprint density at radius 1 is 1.12 bits per heavy atom. The monoisotopic (exact) mass is 228 g/mol. The molecule has 1 fully saturated rings. The van der Waals surface area contributed by atoms with E-state index >= 15 is 0 Å². The van der Waals surface area contributed by atoms with Crippen LogP contribution in [0.5, 0.6) is 0 Å². The summed E-state index contributed by atoms with van der Waals surface area (Å²) >= 11 is 0. The fraction of sp³-hybridized carbons (Fsp3) is 1.00. The Kier molecular flexibility index (Phi) is 5.26. The van der Waals surface area contributed by atoms with Gasteiger partial charge in [0.15, 0.2) is 0 Å². The highest BCUT2D eigenvalue weighted by Crippen LogP contribution is 2.47. The molecular weight excluding hydrogens is 200 g/mol. The minimum atomic E-state index is 0.245. The third kappa shape index (κ3) is 2.98. The van der Waals surface area contributed by atoms with E-state index < -0.39 is 0 Å². The van der Waals surface area contributed by atoms with E-state index in [1.54, 1.807) is 0 Å². The Balaban J connectivity index is 2.85. The average molecular weight is 228 g/mol. The Morgan fingerprint density at radius 3 is 2.12 bits per heavy atom. The first kappa shape index (κ1) is 14.0. The van der Waals surface area contributed by atoms with Crippen molar-refractivity contribution in [2.75, 3.05) is 27.4 Å². The molecule has 1 saturated carbocycles. The van der Waals surface area contributed by atoms with E-state index in [2.05, 4.69) is 20.8 Å². The van der Waals surface area contributed by atoms with E-state index in [4.69, 9.17) is 9.47 Å². The van der Waals surface area contributed by atoms with Crippen molar-refractivity contribution >= 4 is 0 Å². The predicted octanol–water partition coefficient (Wildman–Crippen LogP) is 3.36. The van der Waals surface area contributed by atoms with Crippen molar-refractivity contribution in [1.29, 1.82) is 0 Å². The van der Waals surface area contributed by atoms with Gasteiger partial charge in [-0.1, -0.05) is 27.2 Å². The van der Waals surface area contributed by atoms with Crippen molar-refractivity contribution in [3.8, 4) is 0 Å². The smallest absolute Gasteiger partial charge is 0.0543 e. The molecule has 0 unspecified atom stereocenters. The molecule has 0 aromatic rings. The summed E-state index contributed by atoms with van der Waals surface area (Å²) in [5.74, 6) is 2.27. The summed E-state index contributed by atoms with van der Waals surface area (Å²) in [5.41, 5.74) is 0.245. The van der Waals surface area contributed by atoms with Gasteiger partial charge in [-0.15, -0.1) is 0 Å². The van der Waals surface area contributed by atoms with Gasteiger partial charge in [-0.3, -0.25) is 0 Å². The molecule has 0 saturated heterocycles. The number of methoxy groups -OCH3 is 2. The van der Waals surface area contributed by atoms with Crippen LogP contribution in [0.25, 0.3) is 0 Å².